The molecule has 0 spiro atoms. The first-order chi connectivity index (χ1) is 17.6. The van der Waals surface area contributed by atoms with Crippen LogP contribution in [0.1, 0.15) is 45.9 Å². The fraction of sp³-hybridized carbons (Fsp3) is 0.333. The van der Waals surface area contributed by atoms with E-state index in [1.807, 2.05) is 43.1 Å². The molecule has 1 atom stereocenters. The maximum Gasteiger partial charge on any atom is 0.254 e. The molecule has 0 bridgehead atoms. The maximum absolute atomic E-state index is 12.9. The van der Waals surface area contributed by atoms with E-state index in [1.54, 1.807) is 12.4 Å². The van der Waals surface area contributed by atoms with Gasteiger partial charge >= 0.3 is 0 Å². The summed E-state index contributed by atoms with van der Waals surface area (Å²) in [7, 11) is 3.89. The van der Waals surface area contributed by atoms with Crippen molar-refractivity contribution < 1.29 is 9.53 Å². The summed E-state index contributed by atoms with van der Waals surface area (Å²) in [5.41, 5.74) is 7.00. The molecular formula is C27H29N7O2. The van der Waals surface area contributed by atoms with Crippen LogP contribution < -0.4 is 16.0 Å². The van der Waals surface area contributed by atoms with Crippen LogP contribution in [-0.2, 0) is 24.9 Å². The Bertz CT molecular complexity index is 1460. The van der Waals surface area contributed by atoms with Crippen LogP contribution in [0.2, 0.25) is 0 Å². The van der Waals surface area contributed by atoms with Gasteiger partial charge in [-0.25, -0.2) is 9.97 Å². The summed E-state index contributed by atoms with van der Waals surface area (Å²) in [6.07, 6.45) is 7.67. The fourth-order valence-corrected chi connectivity index (χ4v) is 5.33. The largest absolute Gasteiger partial charge is 0.381 e. The normalized spacial score (nSPS) is 17.3. The molecule has 2 aliphatic rings. The smallest absolute Gasteiger partial charge is 0.254 e. The zero-order valence-electron chi connectivity index (χ0n) is 20.5. The number of anilines is 2. The zero-order valence-corrected chi connectivity index (χ0v) is 20.5. The Balaban J connectivity index is 1.38. The lowest BCUT2D eigenvalue weighted by molar-refractivity contribution is 0.0800. The molecule has 9 heteroatoms. The van der Waals surface area contributed by atoms with Gasteiger partial charge < -0.3 is 25.3 Å². The van der Waals surface area contributed by atoms with Crippen LogP contribution in [0.3, 0.4) is 0 Å². The number of carbonyl (C=O) groups is 1. The molecule has 1 saturated heterocycles. The summed E-state index contributed by atoms with van der Waals surface area (Å²) in [4.78, 5) is 27.1. The highest BCUT2D eigenvalue weighted by molar-refractivity contribution is 6.06. The highest BCUT2D eigenvalue weighted by Gasteiger charge is 2.28. The monoisotopic (exact) mass is 483 g/mol. The molecule has 0 aliphatic carbocycles. The Morgan fingerprint density at radius 2 is 2.14 bits per heavy atom. The lowest BCUT2D eigenvalue weighted by Crippen LogP contribution is -2.20. The second-order valence-electron chi connectivity index (χ2n) is 9.38. The maximum atomic E-state index is 12.9. The molecule has 0 radical (unpaired) electrons. The third-order valence-electron chi connectivity index (χ3n) is 7.07. The van der Waals surface area contributed by atoms with Crippen LogP contribution in [-0.4, -0.2) is 45.7 Å². The van der Waals surface area contributed by atoms with Gasteiger partial charge in [0.15, 0.2) is 0 Å². The number of aromatic nitrogens is 4. The van der Waals surface area contributed by atoms with Gasteiger partial charge in [-0.3, -0.25) is 9.78 Å². The van der Waals surface area contributed by atoms with Crippen molar-refractivity contribution in [1.29, 1.82) is 0 Å². The van der Waals surface area contributed by atoms with Crippen LogP contribution >= 0.6 is 0 Å². The number of fused-ring (bicyclic) bond motifs is 2. The highest BCUT2D eigenvalue weighted by atomic mass is 16.5. The second-order valence-corrected chi connectivity index (χ2v) is 9.38. The Kier molecular flexibility index (Phi) is 5.86. The lowest BCUT2D eigenvalue weighted by atomic mass is 9.92. The number of rotatable bonds is 6. The van der Waals surface area contributed by atoms with Crippen molar-refractivity contribution in [2.75, 3.05) is 25.6 Å². The third kappa shape index (κ3) is 3.90. The van der Waals surface area contributed by atoms with Gasteiger partial charge in [0.25, 0.3) is 5.91 Å². The number of hydrogen-bond acceptors (Lipinski definition) is 7. The standard InChI is InChI=1S/C27H29N7O2/c1-28-13-21-17(16-4-3-11-36-15-16)5-6-23(32-21)33-22-14-30-25(20-12-31-27(35)24(20)22)18-7-9-29-26-19(18)8-10-34(26)2/h5-10,14,16,28H,3-4,11-13,15H2,1-2H3,(H,31,35)(H,32,33)/t16-/m1/s1. The number of aryl methyl sites for hydroxylation is 1. The molecule has 36 heavy (non-hydrogen) atoms. The van der Waals surface area contributed by atoms with E-state index < -0.39 is 0 Å². The van der Waals surface area contributed by atoms with Gasteiger partial charge in [-0.2, -0.15) is 0 Å². The minimum absolute atomic E-state index is 0.110. The molecule has 6 heterocycles. The summed E-state index contributed by atoms with van der Waals surface area (Å²) in [6, 6.07) is 8.10. The van der Waals surface area contributed by atoms with E-state index in [9.17, 15) is 4.79 Å². The van der Waals surface area contributed by atoms with Crippen molar-refractivity contribution in [3.05, 3.63) is 65.2 Å². The van der Waals surface area contributed by atoms with Gasteiger partial charge in [-0.15, -0.1) is 0 Å². The van der Waals surface area contributed by atoms with Crippen molar-refractivity contribution in [2.45, 2.75) is 31.8 Å². The molecule has 0 aromatic carbocycles. The van der Waals surface area contributed by atoms with Gasteiger partial charge in [-0.05, 0) is 43.7 Å². The summed E-state index contributed by atoms with van der Waals surface area (Å²) in [5, 5.41) is 10.6. The number of nitrogens with one attached hydrogen (secondary N) is 3. The van der Waals surface area contributed by atoms with Gasteiger partial charge in [0.2, 0.25) is 0 Å². The van der Waals surface area contributed by atoms with Crippen LogP contribution in [0.25, 0.3) is 22.3 Å². The molecular weight excluding hydrogens is 454 g/mol. The van der Waals surface area contributed by atoms with Crippen LogP contribution in [0.5, 0.6) is 0 Å². The average Bonchev–Trinajstić information content (AvgIpc) is 3.48. The summed E-state index contributed by atoms with van der Waals surface area (Å²) >= 11 is 0. The number of ether oxygens (including phenoxy) is 1. The molecule has 3 N–H and O–H groups in total. The van der Waals surface area contributed by atoms with E-state index in [0.717, 1.165) is 59.6 Å². The molecule has 0 saturated carbocycles. The summed E-state index contributed by atoms with van der Waals surface area (Å²) in [6.45, 7) is 2.65. The first-order valence-corrected chi connectivity index (χ1v) is 12.3. The molecule has 0 unspecified atom stereocenters. The Labute approximate surface area is 209 Å². The van der Waals surface area contributed by atoms with E-state index in [4.69, 9.17) is 14.7 Å². The second kappa shape index (κ2) is 9.33. The molecule has 6 rings (SSSR count). The number of hydrogen-bond donors (Lipinski definition) is 3. The highest BCUT2D eigenvalue weighted by Crippen LogP contribution is 2.36. The summed E-state index contributed by atoms with van der Waals surface area (Å²) in [5.74, 6) is 0.933. The first kappa shape index (κ1) is 22.6. The molecule has 2 aliphatic heterocycles. The van der Waals surface area contributed by atoms with E-state index in [1.165, 1.54) is 5.56 Å². The van der Waals surface area contributed by atoms with E-state index >= 15 is 0 Å². The number of pyridine rings is 3. The van der Waals surface area contributed by atoms with Crippen LogP contribution in [0, 0.1) is 0 Å². The van der Waals surface area contributed by atoms with Crippen molar-refractivity contribution in [3.8, 4) is 11.3 Å². The van der Waals surface area contributed by atoms with Gasteiger partial charge in [0.1, 0.15) is 11.5 Å². The molecule has 1 fully saturated rings. The predicted molar refractivity (Wildman–Crippen MR) is 138 cm³/mol. The fourth-order valence-electron chi connectivity index (χ4n) is 5.33. The van der Waals surface area contributed by atoms with Gasteiger partial charge in [0.05, 0.1) is 35.4 Å². The topological polar surface area (TPSA) is 106 Å². The van der Waals surface area contributed by atoms with Crippen LogP contribution in [0.15, 0.2) is 42.9 Å². The molecule has 4 aromatic rings. The van der Waals surface area contributed by atoms with E-state index in [0.29, 0.717) is 36.1 Å². The number of amides is 1. The van der Waals surface area contributed by atoms with Crippen molar-refractivity contribution >= 4 is 28.4 Å². The third-order valence-corrected chi connectivity index (χ3v) is 7.07. The Hall–Kier alpha value is -3.82. The zero-order chi connectivity index (χ0) is 24.6. The first-order valence-electron chi connectivity index (χ1n) is 12.3. The lowest BCUT2D eigenvalue weighted by Gasteiger charge is -2.24. The van der Waals surface area contributed by atoms with Gasteiger partial charge in [0, 0.05) is 61.6 Å². The Morgan fingerprint density at radius 3 is 2.97 bits per heavy atom. The minimum atomic E-state index is -0.110. The quantitative estimate of drug-likeness (QED) is 0.385. The summed E-state index contributed by atoms with van der Waals surface area (Å²) < 4.78 is 7.69. The molecule has 9 nitrogen and oxygen atoms in total. The van der Waals surface area contributed by atoms with E-state index in [-0.39, 0.29) is 5.91 Å². The molecule has 184 valence electrons. The Morgan fingerprint density at radius 1 is 1.22 bits per heavy atom. The van der Waals surface area contributed by atoms with E-state index in [2.05, 4.69) is 27.0 Å². The average molecular weight is 484 g/mol. The SMILES string of the molecule is CNCc1nc(Nc2cnc(-c3ccnc4c3ccn4C)c3c2C(=O)NC3)ccc1[C@@H]1CCCOC1. The van der Waals surface area contributed by atoms with Gasteiger partial charge in [-0.1, -0.05) is 6.07 Å². The van der Waals surface area contributed by atoms with Crippen molar-refractivity contribution in [3.63, 3.8) is 0 Å². The predicted octanol–water partition coefficient (Wildman–Crippen LogP) is 3.63. The van der Waals surface area contributed by atoms with Crippen molar-refractivity contribution in [2.24, 2.45) is 7.05 Å². The number of nitrogens with zero attached hydrogens (tertiary/aromatic N) is 4. The number of carbonyl (C=O) groups excluding carboxylic acids is 1. The molecule has 1 amide bonds. The van der Waals surface area contributed by atoms with Crippen LogP contribution in [0.4, 0.5) is 11.5 Å². The minimum Gasteiger partial charge on any atom is -0.381 e. The molecule has 4 aromatic heterocycles. The van der Waals surface area contributed by atoms with Crippen molar-refractivity contribution in [1.82, 2.24) is 30.2 Å².